The van der Waals surface area contributed by atoms with E-state index in [-0.39, 0.29) is 4.88 Å². The van der Waals surface area contributed by atoms with Gasteiger partial charge in [0.1, 0.15) is 4.88 Å². The number of allylic oxidation sites excluding steroid dienone is 2. The molecule has 0 radical (unpaired) electrons. The second-order valence-electron chi connectivity index (χ2n) is 5.23. The summed E-state index contributed by atoms with van der Waals surface area (Å²) in [6.07, 6.45) is 3.59. The van der Waals surface area contributed by atoms with Crippen molar-refractivity contribution in [3.63, 3.8) is 0 Å². The van der Waals surface area contributed by atoms with Crippen LogP contribution in [0.15, 0.2) is 17.1 Å². The smallest absolute Gasteiger partial charge is 0.345 e. The highest BCUT2D eigenvalue weighted by molar-refractivity contribution is 7.21. The second kappa shape index (κ2) is 7.06. The molecule has 2 aromatic heterocycles. The van der Waals surface area contributed by atoms with Gasteiger partial charge >= 0.3 is 5.97 Å². The molecule has 0 atom stereocenters. The maximum absolute atomic E-state index is 11.3. The standard InChI is InChI=1S/C16H18N4O3S/c1-3-10(9-17-2)14-18-11-8-12(16(21)22)24-13(11)15(19-14)20-4-6-23-7-5-20/h3,8-9H,4-7H2,1-2H3,(H,21,22)/b10-3+,17-9?. The van der Waals surface area contributed by atoms with Gasteiger partial charge in [-0.05, 0) is 13.0 Å². The van der Waals surface area contributed by atoms with E-state index in [4.69, 9.17) is 9.72 Å². The van der Waals surface area contributed by atoms with Gasteiger partial charge in [0.05, 0.1) is 23.4 Å². The Bertz CT molecular complexity index is 822. The average molecular weight is 346 g/mol. The summed E-state index contributed by atoms with van der Waals surface area (Å²) in [7, 11) is 1.69. The number of aliphatic imine (C=N–C) groups is 1. The number of aromatic carboxylic acids is 1. The molecule has 8 heteroatoms. The third-order valence-corrected chi connectivity index (χ3v) is 4.82. The summed E-state index contributed by atoms with van der Waals surface area (Å²) >= 11 is 1.21. The molecule has 1 N–H and O–H groups in total. The Morgan fingerprint density at radius 3 is 2.79 bits per heavy atom. The number of carboxylic acids is 1. The van der Waals surface area contributed by atoms with Crippen LogP contribution in [0.2, 0.25) is 0 Å². The Hall–Kier alpha value is -2.32. The van der Waals surface area contributed by atoms with E-state index in [1.54, 1.807) is 19.3 Å². The van der Waals surface area contributed by atoms with Crippen molar-refractivity contribution >= 4 is 45.1 Å². The maximum Gasteiger partial charge on any atom is 0.345 e. The van der Waals surface area contributed by atoms with Crippen LogP contribution in [0, 0.1) is 0 Å². The number of morpholine rings is 1. The summed E-state index contributed by atoms with van der Waals surface area (Å²) in [5.41, 5.74) is 1.45. The number of thiophene rings is 1. The van der Waals surface area contributed by atoms with E-state index in [2.05, 4.69) is 14.9 Å². The normalized spacial score (nSPS) is 16.2. The van der Waals surface area contributed by atoms with Gasteiger partial charge in [-0.3, -0.25) is 4.99 Å². The molecule has 2 aromatic rings. The van der Waals surface area contributed by atoms with Crippen molar-refractivity contribution in [1.29, 1.82) is 0 Å². The first kappa shape index (κ1) is 16.5. The van der Waals surface area contributed by atoms with Crippen LogP contribution >= 0.6 is 11.3 Å². The van der Waals surface area contributed by atoms with Crippen LogP contribution in [0.4, 0.5) is 5.82 Å². The molecule has 0 spiro atoms. The molecular weight excluding hydrogens is 328 g/mol. The number of aromatic nitrogens is 2. The lowest BCUT2D eigenvalue weighted by Crippen LogP contribution is -2.37. The first-order valence-corrected chi connectivity index (χ1v) is 8.42. The van der Waals surface area contributed by atoms with Gasteiger partial charge in [0.2, 0.25) is 0 Å². The van der Waals surface area contributed by atoms with Gasteiger partial charge in [-0.15, -0.1) is 11.3 Å². The van der Waals surface area contributed by atoms with E-state index in [1.807, 2.05) is 13.0 Å². The summed E-state index contributed by atoms with van der Waals surface area (Å²) in [5, 5.41) is 9.29. The zero-order valence-corrected chi connectivity index (χ0v) is 14.3. The molecule has 126 valence electrons. The summed E-state index contributed by atoms with van der Waals surface area (Å²) in [4.78, 5) is 27.0. The molecule has 1 saturated heterocycles. The van der Waals surface area contributed by atoms with Crippen molar-refractivity contribution in [3.05, 3.63) is 22.8 Å². The molecular formula is C16H18N4O3S. The molecule has 0 unspecified atom stereocenters. The molecule has 24 heavy (non-hydrogen) atoms. The number of fused-ring (bicyclic) bond motifs is 1. The predicted octanol–water partition coefficient (Wildman–Crippen LogP) is 2.33. The number of carbonyl (C=O) groups is 1. The minimum Gasteiger partial charge on any atom is -0.477 e. The third kappa shape index (κ3) is 3.15. The van der Waals surface area contributed by atoms with Gasteiger partial charge in [0.25, 0.3) is 0 Å². The molecule has 3 rings (SSSR count). The Morgan fingerprint density at radius 1 is 1.42 bits per heavy atom. The van der Waals surface area contributed by atoms with Crippen LogP contribution in [-0.2, 0) is 4.74 Å². The first-order chi connectivity index (χ1) is 11.6. The number of carboxylic acid groups (broad SMARTS) is 1. The van der Waals surface area contributed by atoms with Crippen LogP contribution in [0.5, 0.6) is 0 Å². The minimum atomic E-state index is -0.950. The molecule has 0 bridgehead atoms. The fourth-order valence-corrected chi connectivity index (χ4v) is 3.49. The van der Waals surface area contributed by atoms with Crippen LogP contribution in [-0.4, -0.2) is 60.6 Å². The van der Waals surface area contributed by atoms with E-state index in [9.17, 15) is 9.90 Å². The molecule has 0 saturated carbocycles. The van der Waals surface area contributed by atoms with E-state index >= 15 is 0 Å². The summed E-state index contributed by atoms with van der Waals surface area (Å²) in [6.45, 7) is 4.60. The van der Waals surface area contributed by atoms with Crippen molar-refractivity contribution in [1.82, 2.24) is 9.97 Å². The van der Waals surface area contributed by atoms with E-state index < -0.39 is 5.97 Å². The number of ether oxygens (including phenoxy) is 1. The van der Waals surface area contributed by atoms with Crippen LogP contribution in [0.1, 0.15) is 22.4 Å². The zero-order chi connectivity index (χ0) is 17.1. The maximum atomic E-state index is 11.3. The van der Waals surface area contributed by atoms with Crippen molar-refractivity contribution in [2.75, 3.05) is 38.3 Å². The van der Waals surface area contributed by atoms with Crippen LogP contribution in [0.3, 0.4) is 0 Å². The monoisotopic (exact) mass is 346 g/mol. The number of anilines is 1. The molecule has 1 aliphatic heterocycles. The van der Waals surface area contributed by atoms with Crippen molar-refractivity contribution in [2.24, 2.45) is 4.99 Å². The van der Waals surface area contributed by atoms with Gasteiger partial charge in [0, 0.05) is 31.9 Å². The first-order valence-electron chi connectivity index (χ1n) is 7.60. The van der Waals surface area contributed by atoms with Gasteiger partial charge in [-0.2, -0.15) is 0 Å². The van der Waals surface area contributed by atoms with Crippen LogP contribution < -0.4 is 4.90 Å². The molecule has 0 aliphatic carbocycles. The summed E-state index contributed by atoms with van der Waals surface area (Å²) < 4.78 is 6.20. The SMILES string of the molecule is C/C=C(\C=NC)c1nc(N2CCOCC2)c2sc(C(=O)O)cc2n1. The van der Waals surface area contributed by atoms with Crippen molar-refractivity contribution < 1.29 is 14.6 Å². The molecule has 1 aliphatic rings. The fraction of sp³-hybridized carbons (Fsp3) is 0.375. The highest BCUT2D eigenvalue weighted by Gasteiger charge is 2.21. The highest BCUT2D eigenvalue weighted by Crippen LogP contribution is 2.33. The minimum absolute atomic E-state index is 0.261. The third-order valence-electron chi connectivity index (χ3n) is 3.71. The Kier molecular flexibility index (Phi) is 4.86. The van der Waals surface area contributed by atoms with Gasteiger partial charge in [-0.1, -0.05) is 6.08 Å². The number of hydrogen-bond donors (Lipinski definition) is 1. The Balaban J connectivity index is 2.19. The number of nitrogens with zero attached hydrogens (tertiary/aromatic N) is 4. The number of hydrogen-bond acceptors (Lipinski definition) is 7. The van der Waals surface area contributed by atoms with Gasteiger partial charge < -0.3 is 14.7 Å². The quantitative estimate of drug-likeness (QED) is 0.855. The molecule has 3 heterocycles. The fourth-order valence-electron chi connectivity index (χ4n) is 2.54. The lowest BCUT2D eigenvalue weighted by molar-refractivity contribution is 0.0702. The Morgan fingerprint density at radius 2 is 2.17 bits per heavy atom. The van der Waals surface area contributed by atoms with Gasteiger partial charge in [0.15, 0.2) is 11.6 Å². The predicted molar refractivity (Wildman–Crippen MR) is 95.5 cm³/mol. The molecule has 0 amide bonds. The summed E-state index contributed by atoms with van der Waals surface area (Å²) in [6, 6.07) is 1.60. The topological polar surface area (TPSA) is 87.9 Å². The molecule has 0 aromatic carbocycles. The zero-order valence-electron chi connectivity index (χ0n) is 13.5. The molecule has 1 fully saturated rings. The van der Waals surface area contributed by atoms with Gasteiger partial charge in [-0.25, -0.2) is 14.8 Å². The van der Waals surface area contributed by atoms with E-state index in [0.717, 1.165) is 29.2 Å². The average Bonchev–Trinajstić information content (AvgIpc) is 3.04. The van der Waals surface area contributed by atoms with E-state index in [0.29, 0.717) is 24.6 Å². The molecule has 7 nitrogen and oxygen atoms in total. The van der Waals surface area contributed by atoms with Crippen molar-refractivity contribution in [2.45, 2.75) is 6.92 Å². The second-order valence-corrected chi connectivity index (χ2v) is 6.28. The highest BCUT2D eigenvalue weighted by atomic mass is 32.1. The van der Waals surface area contributed by atoms with E-state index in [1.165, 1.54) is 11.3 Å². The lowest BCUT2D eigenvalue weighted by Gasteiger charge is -2.28. The Labute approximate surface area is 143 Å². The summed E-state index contributed by atoms with van der Waals surface area (Å²) in [5.74, 6) is 0.361. The lowest BCUT2D eigenvalue weighted by atomic mass is 10.2. The van der Waals surface area contributed by atoms with Crippen LogP contribution in [0.25, 0.3) is 15.8 Å². The largest absolute Gasteiger partial charge is 0.477 e. The number of rotatable bonds is 4. The van der Waals surface area contributed by atoms with Crippen molar-refractivity contribution in [3.8, 4) is 0 Å².